The molecule has 1 atom stereocenters. The van der Waals surface area contributed by atoms with Crippen molar-refractivity contribution in [3.05, 3.63) is 65.7 Å². The maximum atomic E-state index is 13.0. The molecule has 0 saturated carbocycles. The minimum absolute atomic E-state index is 0.0864. The molecule has 8 nitrogen and oxygen atoms in total. The Bertz CT molecular complexity index is 952. The van der Waals surface area contributed by atoms with Crippen molar-refractivity contribution in [2.75, 3.05) is 46.1 Å². The number of rotatable bonds is 18. The summed E-state index contributed by atoms with van der Waals surface area (Å²) in [5, 5.41) is 9.24. The van der Waals surface area contributed by atoms with Crippen molar-refractivity contribution in [3.8, 4) is 5.75 Å². The number of nitrogens with zero attached hydrogens (tertiary/aromatic N) is 1. The molecule has 0 fully saturated rings. The van der Waals surface area contributed by atoms with Gasteiger partial charge in [0.2, 0.25) is 5.92 Å². The monoisotopic (exact) mass is 537 g/mol. The fourth-order valence-electron chi connectivity index (χ4n) is 3.44. The lowest BCUT2D eigenvalue weighted by molar-refractivity contribution is -0.149. The van der Waals surface area contributed by atoms with Crippen LogP contribution in [0.5, 0.6) is 5.75 Å². The van der Waals surface area contributed by atoms with E-state index >= 15 is 0 Å². The summed E-state index contributed by atoms with van der Waals surface area (Å²) in [6, 6.07) is 16.6. The molecule has 0 bridgehead atoms. The number of benzene rings is 2. The third kappa shape index (κ3) is 12.8. The molecule has 1 amide bonds. The highest BCUT2D eigenvalue weighted by atomic mass is 19.3. The molecule has 2 aromatic rings. The first kappa shape index (κ1) is 31.0. The lowest BCUT2D eigenvalue weighted by atomic mass is 10.1. The molecule has 0 radical (unpaired) electrons. The van der Waals surface area contributed by atoms with E-state index in [2.05, 4.69) is 0 Å². The lowest BCUT2D eigenvalue weighted by Crippen LogP contribution is -2.38. The van der Waals surface area contributed by atoms with Gasteiger partial charge in [-0.15, -0.1) is 0 Å². The molecular formula is C28H37F2NO7. The van der Waals surface area contributed by atoms with E-state index in [1.165, 1.54) is 4.90 Å². The van der Waals surface area contributed by atoms with Crippen molar-refractivity contribution < 1.29 is 42.4 Å². The number of hydrogen-bond acceptors (Lipinski definition) is 6. The average Bonchev–Trinajstić information content (AvgIpc) is 2.88. The summed E-state index contributed by atoms with van der Waals surface area (Å²) in [7, 11) is 0. The number of alkyl halides is 2. The molecule has 0 saturated heterocycles. The SMILES string of the molecule is CCOC(Cc1ccc(OCCN(CCOCCC(C)(F)F)C(=O)OCCc2ccccc2)cc1)C(=O)O. The normalized spacial score (nSPS) is 12.1. The van der Waals surface area contributed by atoms with Crippen molar-refractivity contribution in [1.82, 2.24) is 4.90 Å². The van der Waals surface area contributed by atoms with Gasteiger partial charge < -0.3 is 29.0 Å². The van der Waals surface area contributed by atoms with Crippen molar-refractivity contribution in [2.24, 2.45) is 0 Å². The Morgan fingerprint density at radius 1 is 0.947 bits per heavy atom. The van der Waals surface area contributed by atoms with E-state index in [-0.39, 0.29) is 45.9 Å². The number of carboxylic acids is 1. The van der Waals surface area contributed by atoms with Crippen LogP contribution in [-0.4, -0.2) is 80.2 Å². The summed E-state index contributed by atoms with van der Waals surface area (Å²) in [4.78, 5) is 25.4. The second-order valence-electron chi connectivity index (χ2n) is 8.75. The highest BCUT2D eigenvalue weighted by Crippen LogP contribution is 2.16. The molecule has 10 heteroatoms. The summed E-state index contributed by atoms with van der Waals surface area (Å²) in [6.07, 6.45) is -1.06. The number of halogens is 2. The van der Waals surface area contributed by atoms with Crippen LogP contribution in [0.15, 0.2) is 54.6 Å². The second-order valence-corrected chi connectivity index (χ2v) is 8.75. The molecule has 1 N–H and O–H groups in total. The van der Waals surface area contributed by atoms with Gasteiger partial charge in [-0.2, -0.15) is 0 Å². The van der Waals surface area contributed by atoms with Crippen molar-refractivity contribution in [3.63, 3.8) is 0 Å². The Labute approximate surface area is 222 Å². The van der Waals surface area contributed by atoms with Gasteiger partial charge in [0.05, 0.1) is 26.4 Å². The second kappa shape index (κ2) is 16.6. The molecule has 0 heterocycles. The summed E-state index contributed by atoms with van der Waals surface area (Å²) in [6.45, 7) is 3.57. The smallest absolute Gasteiger partial charge is 0.409 e. The fraction of sp³-hybridized carbons (Fsp3) is 0.500. The highest BCUT2D eigenvalue weighted by Gasteiger charge is 2.21. The van der Waals surface area contributed by atoms with Gasteiger partial charge in [-0.1, -0.05) is 42.5 Å². The Hall–Kier alpha value is -3.24. The van der Waals surface area contributed by atoms with Gasteiger partial charge in [0.1, 0.15) is 12.4 Å². The maximum Gasteiger partial charge on any atom is 0.409 e. The van der Waals surface area contributed by atoms with Gasteiger partial charge in [0, 0.05) is 32.4 Å². The Morgan fingerprint density at radius 3 is 2.26 bits per heavy atom. The molecule has 2 aromatic carbocycles. The van der Waals surface area contributed by atoms with Crippen LogP contribution in [0.25, 0.3) is 0 Å². The van der Waals surface area contributed by atoms with E-state index in [0.717, 1.165) is 18.1 Å². The van der Waals surface area contributed by atoms with Crippen LogP contribution in [0.4, 0.5) is 13.6 Å². The first-order valence-electron chi connectivity index (χ1n) is 12.6. The summed E-state index contributed by atoms with van der Waals surface area (Å²) in [5.41, 5.74) is 1.83. The third-order valence-electron chi connectivity index (χ3n) is 5.53. The molecule has 210 valence electrons. The topological polar surface area (TPSA) is 94.5 Å². The Morgan fingerprint density at radius 2 is 1.63 bits per heavy atom. The molecule has 2 rings (SSSR count). The molecule has 0 aliphatic rings. The number of ether oxygens (including phenoxy) is 4. The summed E-state index contributed by atoms with van der Waals surface area (Å²) in [5.74, 6) is -3.28. The number of hydrogen-bond donors (Lipinski definition) is 1. The largest absolute Gasteiger partial charge is 0.492 e. The molecular weight excluding hydrogens is 500 g/mol. The van der Waals surface area contributed by atoms with Gasteiger partial charge in [-0.05, 0) is 37.1 Å². The van der Waals surface area contributed by atoms with E-state index in [1.54, 1.807) is 31.2 Å². The van der Waals surface area contributed by atoms with Gasteiger partial charge in [0.25, 0.3) is 0 Å². The maximum absolute atomic E-state index is 13.0. The highest BCUT2D eigenvalue weighted by molar-refractivity contribution is 5.72. The fourth-order valence-corrected chi connectivity index (χ4v) is 3.44. The molecule has 0 aromatic heterocycles. The predicted molar refractivity (Wildman–Crippen MR) is 138 cm³/mol. The van der Waals surface area contributed by atoms with Crippen LogP contribution in [0.2, 0.25) is 0 Å². The third-order valence-corrected chi connectivity index (χ3v) is 5.53. The minimum Gasteiger partial charge on any atom is -0.492 e. The van der Waals surface area contributed by atoms with E-state index < -0.39 is 30.5 Å². The number of carbonyl (C=O) groups excluding carboxylic acids is 1. The minimum atomic E-state index is -2.81. The molecule has 0 aliphatic carbocycles. The molecule has 1 unspecified atom stereocenters. The predicted octanol–water partition coefficient (Wildman–Crippen LogP) is 4.84. The van der Waals surface area contributed by atoms with Gasteiger partial charge >= 0.3 is 12.1 Å². The van der Waals surface area contributed by atoms with Gasteiger partial charge in [-0.3, -0.25) is 0 Å². The first-order valence-corrected chi connectivity index (χ1v) is 12.6. The van der Waals surface area contributed by atoms with E-state index in [4.69, 9.17) is 18.9 Å². The molecule has 0 spiro atoms. The Kier molecular flexibility index (Phi) is 13.5. The summed E-state index contributed by atoms with van der Waals surface area (Å²) < 4.78 is 47.7. The zero-order valence-electron chi connectivity index (χ0n) is 21.9. The van der Waals surface area contributed by atoms with Crippen molar-refractivity contribution >= 4 is 12.1 Å². The summed E-state index contributed by atoms with van der Waals surface area (Å²) >= 11 is 0. The average molecular weight is 538 g/mol. The lowest BCUT2D eigenvalue weighted by Gasteiger charge is -2.22. The number of carboxylic acid groups (broad SMARTS) is 1. The Balaban J connectivity index is 1.85. The zero-order valence-corrected chi connectivity index (χ0v) is 21.9. The molecule has 0 aliphatic heterocycles. The quantitative estimate of drug-likeness (QED) is 0.272. The standard InChI is InChI=1S/C28H37F2NO7/c1-3-36-25(26(32)33)21-23-9-11-24(12-10-23)37-20-16-31(15-19-35-18-14-28(2,29)30)27(34)38-17-13-22-7-5-4-6-8-22/h4-12,25H,3,13-21H2,1-2H3,(H,32,33). The van der Waals surface area contributed by atoms with E-state index in [1.807, 2.05) is 30.3 Å². The van der Waals surface area contributed by atoms with E-state index in [9.17, 15) is 23.5 Å². The zero-order chi connectivity index (χ0) is 27.8. The number of carbonyl (C=O) groups is 2. The number of aliphatic carboxylic acids is 1. The van der Waals surface area contributed by atoms with Gasteiger partial charge in [0.15, 0.2) is 6.10 Å². The van der Waals surface area contributed by atoms with Crippen LogP contribution in [0.3, 0.4) is 0 Å². The van der Waals surface area contributed by atoms with Crippen molar-refractivity contribution in [2.45, 2.75) is 45.1 Å². The number of amides is 1. The first-order chi connectivity index (χ1) is 18.2. The van der Waals surface area contributed by atoms with E-state index in [0.29, 0.717) is 18.8 Å². The van der Waals surface area contributed by atoms with Crippen LogP contribution in [0, 0.1) is 0 Å². The molecule has 38 heavy (non-hydrogen) atoms. The van der Waals surface area contributed by atoms with Crippen LogP contribution >= 0.6 is 0 Å². The van der Waals surface area contributed by atoms with Crippen molar-refractivity contribution in [1.29, 1.82) is 0 Å². The van der Waals surface area contributed by atoms with Crippen LogP contribution in [0.1, 0.15) is 31.4 Å². The van der Waals surface area contributed by atoms with Crippen LogP contribution in [-0.2, 0) is 31.8 Å². The van der Waals surface area contributed by atoms with Gasteiger partial charge in [-0.25, -0.2) is 18.4 Å². The van der Waals surface area contributed by atoms with Crippen LogP contribution < -0.4 is 4.74 Å².